The Labute approximate surface area is 139 Å². The Bertz CT molecular complexity index is 709. The number of amides is 4. The standard InChI is InChI=1S/C17H18N4O3/c22-15(11-20-16(23)14-7-4-9-19(14)17(20)24)21-10-8-13(18-21)12-5-2-1-3-6-12/h1-3,5-6,14H,4,7-11H2. The third-order valence-corrected chi connectivity index (χ3v) is 4.77. The predicted molar refractivity (Wildman–Crippen MR) is 86.1 cm³/mol. The third-order valence-electron chi connectivity index (χ3n) is 4.77. The van der Waals surface area contributed by atoms with E-state index in [9.17, 15) is 14.4 Å². The number of imide groups is 1. The molecule has 0 aromatic heterocycles. The van der Waals surface area contributed by atoms with Crippen LogP contribution in [0.1, 0.15) is 24.8 Å². The van der Waals surface area contributed by atoms with Crippen LogP contribution in [0.2, 0.25) is 0 Å². The van der Waals surface area contributed by atoms with Crippen molar-refractivity contribution in [1.29, 1.82) is 0 Å². The third kappa shape index (κ3) is 2.36. The van der Waals surface area contributed by atoms with E-state index in [4.69, 9.17) is 0 Å². The molecule has 4 amide bonds. The highest BCUT2D eigenvalue weighted by Gasteiger charge is 2.48. The maximum absolute atomic E-state index is 12.4. The van der Waals surface area contributed by atoms with Gasteiger partial charge in [-0.3, -0.25) is 14.5 Å². The molecule has 24 heavy (non-hydrogen) atoms. The minimum absolute atomic E-state index is 0.226. The molecule has 7 nitrogen and oxygen atoms in total. The Hall–Kier alpha value is -2.70. The van der Waals surface area contributed by atoms with Crippen LogP contribution in [0.15, 0.2) is 35.4 Å². The van der Waals surface area contributed by atoms with Gasteiger partial charge in [-0.1, -0.05) is 30.3 Å². The number of hydrazone groups is 1. The number of urea groups is 1. The van der Waals surface area contributed by atoms with Gasteiger partial charge >= 0.3 is 6.03 Å². The van der Waals surface area contributed by atoms with Crippen LogP contribution < -0.4 is 0 Å². The zero-order valence-electron chi connectivity index (χ0n) is 13.2. The van der Waals surface area contributed by atoms with Crippen LogP contribution in [0, 0.1) is 0 Å². The normalized spacial score (nSPS) is 23.1. The zero-order chi connectivity index (χ0) is 16.7. The molecular formula is C17H18N4O3. The van der Waals surface area contributed by atoms with Gasteiger partial charge in [-0.05, 0) is 18.4 Å². The average Bonchev–Trinajstić information content (AvgIpc) is 3.31. The van der Waals surface area contributed by atoms with E-state index in [2.05, 4.69) is 5.10 Å². The van der Waals surface area contributed by atoms with Gasteiger partial charge in [0, 0.05) is 13.0 Å². The first-order chi connectivity index (χ1) is 11.6. The van der Waals surface area contributed by atoms with Crippen molar-refractivity contribution in [2.45, 2.75) is 25.3 Å². The summed E-state index contributed by atoms with van der Waals surface area (Å²) in [4.78, 5) is 39.6. The van der Waals surface area contributed by atoms with E-state index in [1.807, 2.05) is 30.3 Å². The molecule has 1 aromatic rings. The maximum atomic E-state index is 12.4. The molecule has 0 aliphatic carbocycles. The van der Waals surface area contributed by atoms with Crippen LogP contribution in [0.25, 0.3) is 0 Å². The van der Waals surface area contributed by atoms with Crippen molar-refractivity contribution in [2.24, 2.45) is 5.10 Å². The van der Waals surface area contributed by atoms with E-state index in [0.717, 1.165) is 22.6 Å². The molecule has 0 radical (unpaired) electrons. The van der Waals surface area contributed by atoms with Crippen LogP contribution in [-0.4, -0.2) is 64.0 Å². The summed E-state index contributed by atoms with van der Waals surface area (Å²) in [5.74, 6) is -0.568. The van der Waals surface area contributed by atoms with Crippen LogP contribution in [0.4, 0.5) is 4.79 Å². The fourth-order valence-corrected chi connectivity index (χ4v) is 3.51. The van der Waals surface area contributed by atoms with Gasteiger partial charge in [0.15, 0.2) is 0 Å². The Kier molecular flexibility index (Phi) is 3.55. The lowest BCUT2D eigenvalue weighted by atomic mass is 10.1. The van der Waals surface area contributed by atoms with Crippen molar-refractivity contribution in [3.8, 4) is 0 Å². The zero-order valence-corrected chi connectivity index (χ0v) is 13.2. The maximum Gasteiger partial charge on any atom is 0.327 e. The molecule has 3 heterocycles. The fourth-order valence-electron chi connectivity index (χ4n) is 3.51. The lowest BCUT2D eigenvalue weighted by molar-refractivity contribution is -0.137. The molecular weight excluding hydrogens is 308 g/mol. The lowest BCUT2D eigenvalue weighted by Crippen LogP contribution is -2.41. The van der Waals surface area contributed by atoms with E-state index in [0.29, 0.717) is 25.9 Å². The highest BCUT2D eigenvalue weighted by molar-refractivity contribution is 6.07. The summed E-state index contributed by atoms with van der Waals surface area (Å²) in [5.41, 5.74) is 1.84. The molecule has 2 fully saturated rings. The van der Waals surface area contributed by atoms with Crippen molar-refractivity contribution in [1.82, 2.24) is 14.8 Å². The number of nitrogens with zero attached hydrogens (tertiary/aromatic N) is 4. The number of hydrogen-bond donors (Lipinski definition) is 0. The molecule has 1 aromatic carbocycles. The number of carbonyl (C=O) groups excluding carboxylic acids is 3. The first kappa shape index (κ1) is 14.9. The van der Waals surface area contributed by atoms with Gasteiger partial charge in [-0.25, -0.2) is 9.80 Å². The van der Waals surface area contributed by atoms with Crippen molar-refractivity contribution in [3.63, 3.8) is 0 Å². The van der Waals surface area contributed by atoms with Crippen molar-refractivity contribution in [3.05, 3.63) is 35.9 Å². The van der Waals surface area contributed by atoms with Gasteiger partial charge in [-0.15, -0.1) is 0 Å². The van der Waals surface area contributed by atoms with Gasteiger partial charge in [0.2, 0.25) is 0 Å². The van der Waals surface area contributed by atoms with Crippen LogP contribution in [-0.2, 0) is 9.59 Å². The van der Waals surface area contributed by atoms with Crippen molar-refractivity contribution >= 4 is 23.6 Å². The quantitative estimate of drug-likeness (QED) is 0.779. The number of rotatable bonds is 3. The van der Waals surface area contributed by atoms with Crippen LogP contribution in [0.5, 0.6) is 0 Å². The summed E-state index contributed by atoms with van der Waals surface area (Å²) in [6.07, 6.45) is 2.21. The smallest absolute Gasteiger partial charge is 0.312 e. The van der Waals surface area contributed by atoms with Gasteiger partial charge in [0.25, 0.3) is 11.8 Å². The molecule has 0 spiro atoms. The predicted octanol–water partition coefficient (Wildman–Crippen LogP) is 1.05. The largest absolute Gasteiger partial charge is 0.327 e. The fraction of sp³-hybridized carbons (Fsp3) is 0.412. The van der Waals surface area contributed by atoms with Gasteiger partial charge in [0.05, 0.1) is 12.3 Å². The summed E-state index contributed by atoms with van der Waals surface area (Å²) in [6.45, 7) is 0.850. The highest BCUT2D eigenvalue weighted by atomic mass is 16.2. The number of fused-ring (bicyclic) bond motifs is 1. The van der Waals surface area contributed by atoms with Crippen LogP contribution in [0.3, 0.4) is 0 Å². The number of benzene rings is 1. The number of carbonyl (C=O) groups is 3. The molecule has 3 aliphatic rings. The van der Waals surface area contributed by atoms with Gasteiger partial charge < -0.3 is 4.90 Å². The molecule has 0 N–H and O–H groups in total. The topological polar surface area (TPSA) is 73.3 Å². The molecule has 0 bridgehead atoms. The Morgan fingerprint density at radius 3 is 2.71 bits per heavy atom. The minimum atomic E-state index is -0.368. The lowest BCUT2D eigenvalue weighted by Gasteiger charge is -2.17. The van der Waals surface area contributed by atoms with E-state index >= 15 is 0 Å². The second-order valence-electron chi connectivity index (χ2n) is 6.24. The Balaban J connectivity index is 1.45. The average molecular weight is 326 g/mol. The Morgan fingerprint density at radius 2 is 1.96 bits per heavy atom. The molecule has 124 valence electrons. The molecule has 2 saturated heterocycles. The minimum Gasteiger partial charge on any atom is -0.312 e. The highest BCUT2D eigenvalue weighted by Crippen LogP contribution is 2.27. The molecule has 3 aliphatic heterocycles. The summed E-state index contributed by atoms with van der Waals surface area (Å²) in [5, 5.41) is 5.73. The summed E-state index contributed by atoms with van der Waals surface area (Å²) in [6, 6.07) is 8.98. The first-order valence-corrected chi connectivity index (χ1v) is 8.20. The van der Waals surface area contributed by atoms with E-state index in [1.54, 1.807) is 4.90 Å². The van der Waals surface area contributed by atoms with Crippen LogP contribution >= 0.6 is 0 Å². The second kappa shape index (κ2) is 5.74. The molecule has 4 rings (SSSR count). The van der Waals surface area contributed by atoms with Crippen molar-refractivity contribution < 1.29 is 14.4 Å². The molecule has 1 atom stereocenters. The Morgan fingerprint density at radius 1 is 1.17 bits per heavy atom. The molecule has 0 saturated carbocycles. The SMILES string of the molecule is O=C(CN1C(=O)C2CCCN2C1=O)N1CCC(c2ccccc2)=N1. The molecule has 1 unspecified atom stereocenters. The summed E-state index contributed by atoms with van der Waals surface area (Å²) in [7, 11) is 0. The number of hydrogen-bond acceptors (Lipinski definition) is 4. The monoisotopic (exact) mass is 326 g/mol. The van der Waals surface area contributed by atoms with Crippen molar-refractivity contribution in [2.75, 3.05) is 19.6 Å². The van der Waals surface area contributed by atoms with E-state index in [1.165, 1.54) is 5.01 Å². The first-order valence-electron chi connectivity index (χ1n) is 8.20. The summed E-state index contributed by atoms with van der Waals surface area (Å²) < 4.78 is 0. The molecule has 7 heteroatoms. The van der Waals surface area contributed by atoms with E-state index < -0.39 is 0 Å². The summed E-state index contributed by atoms with van der Waals surface area (Å²) >= 11 is 0. The van der Waals surface area contributed by atoms with Gasteiger partial charge in [-0.2, -0.15) is 5.10 Å². The van der Waals surface area contributed by atoms with E-state index in [-0.39, 0.29) is 30.4 Å². The second-order valence-corrected chi connectivity index (χ2v) is 6.24. The van der Waals surface area contributed by atoms with Gasteiger partial charge in [0.1, 0.15) is 12.6 Å².